The van der Waals surface area contributed by atoms with Gasteiger partial charge >= 0.3 is 6.18 Å². The zero-order valence-corrected chi connectivity index (χ0v) is 17.4. The molecule has 0 N–H and O–H groups in total. The normalized spacial score (nSPS) is 25.2. The molecule has 2 unspecified atom stereocenters. The second-order valence-corrected chi connectivity index (χ2v) is 8.67. The van der Waals surface area contributed by atoms with Crippen molar-refractivity contribution in [2.24, 2.45) is 5.92 Å². The number of nitrogens with zero attached hydrogens (tertiary/aromatic N) is 3. The van der Waals surface area contributed by atoms with Gasteiger partial charge in [-0.1, -0.05) is 12.8 Å². The fourth-order valence-corrected chi connectivity index (χ4v) is 5.02. The Bertz CT molecular complexity index is 865. The number of carbonyl (C=O) groups excluding carboxylic acids is 3. The summed E-state index contributed by atoms with van der Waals surface area (Å²) in [4.78, 5) is 43.4. The highest BCUT2D eigenvalue weighted by molar-refractivity contribution is 5.97. The lowest BCUT2D eigenvalue weighted by atomic mass is 10.0. The lowest BCUT2D eigenvalue weighted by Gasteiger charge is -2.52. The maximum Gasteiger partial charge on any atom is 0.416 e. The first-order valence-corrected chi connectivity index (χ1v) is 10.7. The highest BCUT2D eigenvalue weighted by Crippen LogP contribution is 2.32. The molecule has 4 rings (SSSR count). The number of amides is 3. The van der Waals surface area contributed by atoms with E-state index in [4.69, 9.17) is 0 Å². The Morgan fingerprint density at radius 1 is 1.10 bits per heavy atom. The van der Waals surface area contributed by atoms with E-state index in [0.29, 0.717) is 12.5 Å². The predicted molar refractivity (Wildman–Crippen MR) is 106 cm³/mol. The van der Waals surface area contributed by atoms with Crippen LogP contribution in [0.4, 0.5) is 13.2 Å². The lowest BCUT2D eigenvalue weighted by molar-refractivity contribution is -0.166. The van der Waals surface area contributed by atoms with Gasteiger partial charge in [0.25, 0.3) is 5.91 Å². The molecule has 2 aliphatic heterocycles. The quantitative estimate of drug-likeness (QED) is 0.730. The summed E-state index contributed by atoms with van der Waals surface area (Å²) in [6.45, 7) is 2.71. The van der Waals surface area contributed by atoms with Crippen molar-refractivity contribution < 1.29 is 27.6 Å². The summed E-state index contributed by atoms with van der Waals surface area (Å²) in [6.07, 6.45) is -0.563. The minimum absolute atomic E-state index is 0.0864. The number of piperazine rings is 1. The Balaban J connectivity index is 1.56. The maximum atomic E-state index is 13.2. The van der Waals surface area contributed by atoms with Gasteiger partial charge in [0.2, 0.25) is 11.8 Å². The zero-order chi connectivity index (χ0) is 22.3. The van der Waals surface area contributed by atoms with Crippen molar-refractivity contribution in [3.05, 3.63) is 35.4 Å². The van der Waals surface area contributed by atoms with E-state index in [1.165, 1.54) is 21.9 Å². The van der Waals surface area contributed by atoms with Gasteiger partial charge in [-0.15, -0.1) is 0 Å². The molecule has 3 amide bonds. The van der Waals surface area contributed by atoms with Gasteiger partial charge in [0.05, 0.1) is 12.1 Å². The Morgan fingerprint density at radius 2 is 1.74 bits per heavy atom. The second kappa shape index (κ2) is 8.16. The van der Waals surface area contributed by atoms with Gasteiger partial charge < -0.3 is 14.7 Å². The summed E-state index contributed by atoms with van der Waals surface area (Å²) < 4.78 is 38.6. The molecule has 3 aliphatic rings. The van der Waals surface area contributed by atoms with Crippen molar-refractivity contribution >= 4 is 17.7 Å². The van der Waals surface area contributed by atoms with E-state index in [1.54, 1.807) is 11.8 Å². The Kier molecular flexibility index (Phi) is 5.70. The number of hydrogen-bond acceptors (Lipinski definition) is 3. The number of halogens is 3. The van der Waals surface area contributed by atoms with Crippen LogP contribution in [0.5, 0.6) is 0 Å². The van der Waals surface area contributed by atoms with Crippen LogP contribution in [0.3, 0.4) is 0 Å². The average molecular weight is 437 g/mol. The van der Waals surface area contributed by atoms with E-state index in [1.807, 2.05) is 0 Å². The van der Waals surface area contributed by atoms with Gasteiger partial charge in [0.15, 0.2) is 0 Å². The van der Waals surface area contributed by atoms with Crippen molar-refractivity contribution in [2.45, 2.75) is 57.4 Å². The zero-order valence-electron chi connectivity index (χ0n) is 17.4. The fourth-order valence-electron chi connectivity index (χ4n) is 5.02. The lowest BCUT2D eigenvalue weighted by Crippen LogP contribution is -2.70. The third-order valence-corrected chi connectivity index (χ3v) is 6.68. The van der Waals surface area contributed by atoms with Crippen LogP contribution in [0.1, 0.15) is 54.9 Å². The molecule has 168 valence electrons. The van der Waals surface area contributed by atoms with Gasteiger partial charge in [0, 0.05) is 25.1 Å². The van der Waals surface area contributed by atoms with E-state index in [0.717, 1.165) is 37.8 Å². The molecule has 0 aromatic heterocycles. The molecule has 2 atom stereocenters. The average Bonchev–Trinajstić information content (AvgIpc) is 3.24. The number of alkyl halides is 3. The molecule has 3 fully saturated rings. The Labute approximate surface area is 179 Å². The molecule has 1 aromatic carbocycles. The highest BCUT2D eigenvalue weighted by Gasteiger charge is 2.47. The van der Waals surface area contributed by atoms with Crippen LogP contribution in [0, 0.1) is 5.92 Å². The molecule has 2 saturated heterocycles. The van der Waals surface area contributed by atoms with E-state index in [2.05, 4.69) is 0 Å². The van der Waals surface area contributed by atoms with E-state index in [-0.39, 0.29) is 36.9 Å². The van der Waals surface area contributed by atoms with Crippen molar-refractivity contribution in [1.82, 2.24) is 14.7 Å². The third-order valence-electron chi connectivity index (χ3n) is 6.68. The number of carbonyl (C=O) groups is 3. The summed E-state index contributed by atoms with van der Waals surface area (Å²) in [6, 6.07) is 3.44. The van der Waals surface area contributed by atoms with Crippen molar-refractivity contribution in [1.29, 1.82) is 0 Å². The van der Waals surface area contributed by atoms with Crippen LogP contribution < -0.4 is 0 Å². The molecule has 31 heavy (non-hydrogen) atoms. The topological polar surface area (TPSA) is 60.9 Å². The van der Waals surface area contributed by atoms with Gasteiger partial charge in [-0.3, -0.25) is 14.4 Å². The maximum absolute atomic E-state index is 13.2. The molecule has 1 aromatic rings. The number of benzene rings is 1. The summed E-state index contributed by atoms with van der Waals surface area (Å²) in [5.41, 5.74) is -0.687. The van der Waals surface area contributed by atoms with Crippen LogP contribution in [-0.4, -0.2) is 64.3 Å². The third kappa shape index (κ3) is 4.14. The van der Waals surface area contributed by atoms with Crippen LogP contribution in [0.25, 0.3) is 0 Å². The first kappa shape index (κ1) is 21.6. The molecule has 1 saturated carbocycles. The minimum Gasteiger partial charge on any atom is -0.337 e. The van der Waals surface area contributed by atoms with Crippen LogP contribution in [-0.2, 0) is 15.8 Å². The summed E-state index contributed by atoms with van der Waals surface area (Å²) in [7, 11) is 0. The van der Waals surface area contributed by atoms with Gasteiger partial charge in [-0.2, -0.15) is 13.2 Å². The predicted octanol–water partition coefficient (Wildman–Crippen LogP) is 3.13. The Morgan fingerprint density at radius 3 is 2.35 bits per heavy atom. The second-order valence-electron chi connectivity index (χ2n) is 8.67. The van der Waals surface area contributed by atoms with E-state index < -0.39 is 29.9 Å². The standard InChI is InChI=1S/C22H26F3N3O3/c1-14-20(30)26(12-15-4-2-3-5-15)13-18-27(11-10-19(29)28(14)18)21(31)16-6-8-17(9-7-16)22(23,24)25/h6-9,14-15,18H,2-5,10-13H2,1H3. The van der Waals surface area contributed by atoms with E-state index in [9.17, 15) is 27.6 Å². The molecule has 0 spiro atoms. The molecule has 0 bridgehead atoms. The van der Waals surface area contributed by atoms with Crippen LogP contribution >= 0.6 is 0 Å². The first-order valence-electron chi connectivity index (χ1n) is 10.7. The first-order chi connectivity index (χ1) is 14.7. The minimum atomic E-state index is -4.48. The highest BCUT2D eigenvalue weighted by atomic mass is 19.4. The van der Waals surface area contributed by atoms with Gasteiger partial charge in [0.1, 0.15) is 12.2 Å². The van der Waals surface area contributed by atoms with Gasteiger partial charge in [-0.25, -0.2) is 0 Å². The Hall–Kier alpha value is -2.58. The fraction of sp³-hybridized carbons (Fsp3) is 0.591. The van der Waals surface area contributed by atoms with Crippen molar-refractivity contribution in [3.8, 4) is 0 Å². The molecule has 2 heterocycles. The molecule has 1 aliphatic carbocycles. The SMILES string of the molecule is CC1C(=O)N(CC2CCCC2)CC2N(C(=O)c3ccc(C(F)(F)F)cc3)CCC(=O)N12. The summed E-state index contributed by atoms with van der Waals surface area (Å²) >= 11 is 0. The summed E-state index contributed by atoms with van der Waals surface area (Å²) in [5, 5.41) is 0. The van der Waals surface area contributed by atoms with Gasteiger partial charge in [-0.05, 0) is 49.9 Å². The molecular formula is C22H26F3N3O3. The van der Waals surface area contributed by atoms with E-state index >= 15 is 0 Å². The molecular weight excluding hydrogens is 411 g/mol. The molecule has 6 nitrogen and oxygen atoms in total. The largest absolute Gasteiger partial charge is 0.416 e. The smallest absolute Gasteiger partial charge is 0.337 e. The number of rotatable bonds is 3. The monoisotopic (exact) mass is 437 g/mol. The summed E-state index contributed by atoms with van der Waals surface area (Å²) in [5.74, 6) is -0.289. The van der Waals surface area contributed by atoms with Crippen LogP contribution in [0.2, 0.25) is 0 Å². The molecule has 9 heteroatoms. The number of fused-ring (bicyclic) bond motifs is 1. The molecule has 0 radical (unpaired) electrons. The van der Waals surface area contributed by atoms with Crippen molar-refractivity contribution in [2.75, 3.05) is 19.6 Å². The number of hydrogen-bond donors (Lipinski definition) is 0. The van der Waals surface area contributed by atoms with Crippen molar-refractivity contribution in [3.63, 3.8) is 0 Å². The van der Waals surface area contributed by atoms with Crippen LogP contribution in [0.15, 0.2) is 24.3 Å².